The first-order valence-electron chi connectivity index (χ1n) is 10.6. The van der Waals surface area contributed by atoms with Crippen LogP contribution in [-0.4, -0.2) is 57.4 Å². The van der Waals surface area contributed by atoms with E-state index in [4.69, 9.17) is 14.2 Å². The molecule has 0 saturated carbocycles. The number of amides is 1. The van der Waals surface area contributed by atoms with Crippen LogP contribution in [0.3, 0.4) is 0 Å². The van der Waals surface area contributed by atoms with Gasteiger partial charge >= 0.3 is 0 Å². The summed E-state index contributed by atoms with van der Waals surface area (Å²) in [6.07, 6.45) is 0.378. The number of nitrogens with zero attached hydrogens (tertiary/aromatic N) is 1. The second-order valence-corrected chi connectivity index (χ2v) is 7.47. The van der Waals surface area contributed by atoms with Crippen LogP contribution in [-0.2, 0) is 16.0 Å². The Bertz CT molecular complexity index is 816. The van der Waals surface area contributed by atoms with Gasteiger partial charge in [-0.3, -0.25) is 9.69 Å². The minimum Gasteiger partial charge on any atom is -0.493 e. The Morgan fingerprint density at radius 1 is 1.13 bits per heavy atom. The van der Waals surface area contributed by atoms with Crippen molar-refractivity contribution in [3.63, 3.8) is 0 Å². The van der Waals surface area contributed by atoms with Crippen LogP contribution in [0.1, 0.15) is 29.7 Å². The quantitative estimate of drug-likeness (QED) is 0.686. The molecule has 0 unspecified atom stereocenters. The zero-order valence-corrected chi connectivity index (χ0v) is 18.1. The van der Waals surface area contributed by atoms with Crippen molar-refractivity contribution in [2.45, 2.75) is 26.3 Å². The zero-order chi connectivity index (χ0) is 21.3. The number of carbonyl (C=O) groups is 1. The van der Waals surface area contributed by atoms with Crippen LogP contribution in [0, 0.1) is 6.92 Å². The predicted octanol–water partition coefficient (Wildman–Crippen LogP) is 3.13. The summed E-state index contributed by atoms with van der Waals surface area (Å²) in [5.74, 6) is 1.46. The Morgan fingerprint density at radius 2 is 1.87 bits per heavy atom. The van der Waals surface area contributed by atoms with E-state index in [2.05, 4.69) is 16.3 Å². The van der Waals surface area contributed by atoms with E-state index in [0.29, 0.717) is 38.5 Å². The Hall–Kier alpha value is -2.57. The number of aryl methyl sites for hydroxylation is 1. The molecule has 1 atom stereocenters. The molecular formula is C24H32N2O4. The van der Waals surface area contributed by atoms with E-state index in [1.54, 1.807) is 7.11 Å². The van der Waals surface area contributed by atoms with Gasteiger partial charge in [0.05, 0.1) is 39.4 Å². The molecule has 1 fully saturated rings. The summed E-state index contributed by atoms with van der Waals surface area (Å²) in [7, 11) is 1.65. The van der Waals surface area contributed by atoms with E-state index in [1.807, 2.05) is 50.2 Å². The van der Waals surface area contributed by atoms with E-state index in [1.165, 1.54) is 5.56 Å². The predicted molar refractivity (Wildman–Crippen MR) is 117 cm³/mol. The molecule has 1 aliphatic rings. The normalized spacial score (nSPS) is 15.4. The molecule has 0 radical (unpaired) electrons. The molecule has 1 N–H and O–H groups in total. The largest absolute Gasteiger partial charge is 0.493 e. The summed E-state index contributed by atoms with van der Waals surface area (Å²) in [5.41, 5.74) is 3.30. The van der Waals surface area contributed by atoms with E-state index < -0.39 is 0 Å². The highest BCUT2D eigenvalue weighted by molar-refractivity contribution is 5.78. The van der Waals surface area contributed by atoms with Gasteiger partial charge < -0.3 is 19.5 Å². The summed E-state index contributed by atoms with van der Waals surface area (Å²) < 4.78 is 16.7. The van der Waals surface area contributed by atoms with Crippen LogP contribution in [0.2, 0.25) is 0 Å². The fourth-order valence-corrected chi connectivity index (χ4v) is 3.68. The minimum absolute atomic E-state index is 0.0232. The van der Waals surface area contributed by atoms with Crippen LogP contribution >= 0.6 is 0 Å². The van der Waals surface area contributed by atoms with Gasteiger partial charge in [-0.1, -0.05) is 35.9 Å². The molecule has 0 spiro atoms. The van der Waals surface area contributed by atoms with Gasteiger partial charge in [0.2, 0.25) is 5.91 Å². The van der Waals surface area contributed by atoms with Crippen LogP contribution in [0.25, 0.3) is 0 Å². The van der Waals surface area contributed by atoms with Crippen molar-refractivity contribution in [1.82, 2.24) is 10.2 Å². The molecule has 1 saturated heterocycles. The average Bonchev–Trinajstić information content (AvgIpc) is 2.77. The smallest absolute Gasteiger partial charge is 0.224 e. The van der Waals surface area contributed by atoms with Crippen molar-refractivity contribution in [2.75, 3.05) is 46.6 Å². The van der Waals surface area contributed by atoms with Gasteiger partial charge in [-0.2, -0.15) is 0 Å². The van der Waals surface area contributed by atoms with Crippen molar-refractivity contribution in [2.24, 2.45) is 0 Å². The van der Waals surface area contributed by atoms with Crippen molar-refractivity contribution in [3.05, 3.63) is 59.2 Å². The number of rotatable bonds is 9. The maximum atomic E-state index is 12.6. The lowest BCUT2D eigenvalue weighted by atomic mass is 10.0. The third-order valence-electron chi connectivity index (χ3n) is 5.34. The van der Waals surface area contributed by atoms with Gasteiger partial charge in [-0.25, -0.2) is 0 Å². The average molecular weight is 413 g/mol. The van der Waals surface area contributed by atoms with Gasteiger partial charge in [-0.15, -0.1) is 0 Å². The number of nitrogens with one attached hydrogen (secondary N) is 1. The summed E-state index contributed by atoms with van der Waals surface area (Å²) in [4.78, 5) is 14.9. The molecule has 6 heteroatoms. The molecule has 1 amide bonds. The summed E-state index contributed by atoms with van der Waals surface area (Å²) >= 11 is 0. The molecular weight excluding hydrogens is 380 g/mol. The van der Waals surface area contributed by atoms with Crippen molar-refractivity contribution >= 4 is 5.91 Å². The molecule has 2 aromatic carbocycles. The standard InChI is InChI=1S/C24H32N2O4/c1-4-30-22-10-9-20(16-23(22)28-3)21(26-11-13-29-14-12-26)17-25-24(27)15-19-7-5-18(2)6-8-19/h5-10,16,21H,4,11-15,17H2,1-3H3,(H,25,27)/t21-/m0/s1. The Morgan fingerprint density at radius 3 is 2.53 bits per heavy atom. The number of carbonyl (C=O) groups excluding carboxylic acids is 1. The first kappa shape index (κ1) is 22.1. The highest BCUT2D eigenvalue weighted by atomic mass is 16.5. The minimum atomic E-state index is 0.0232. The van der Waals surface area contributed by atoms with Crippen molar-refractivity contribution in [3.8, 4) is 11.5 Å². The zero-order valence-electron chi connectivity index (χ0n) is 18.1. The fourth-order valence-electron chi connectivity index (χ4n) is 3.68. The summed E-state index contributed by atoms with van der Waals surface area (Å²) in [6, 6.07) is 14.1. The Balaban J connectivity index is 1.72. The van der Waals surface area contributed by atoms with Gasteiger partial charge in [-0.05, 0) is 37.1 Å². The molecule has 0 bridgehead atoms. The molecule has 0 aliphatic carbocycles. The number of methoxy groups -OCH3 is 1. The number of ether oxygens (including phenoxy) is 3. The van der Waals surface area contributed by atoms with Gasteiger partial charge in [0.25, 0.3) is 0 Å². The lowest BCUT2D eigenvalue weighted by Gasteiger charge is -2.35. The molecule has 1 heterocycles. The van der Waals surface area contributed by atoms with Gasteiger partial charge in [0, 0.05) is 19.6 Å². The van der Waals surface area contributed by atoms with Crippen LogP contribution in [0.4, 0.5) is 0 Å². The van der Waals surface area contributed by atoms with E-state index in [9.17, 15) is 4.79 Å². The third-order valence-corrected chi connectivity index (χ3v) is 5.34. The molecule has 0 aromatic heterocycles. The third kappa shape index (κ3) is 5.97. The van der Waals surface area contributed by atoms with Crippen LogP contribution in [0.15, 0.2) is 42.5 Å². The maximum absolute atomic E-state index is 12.6. The second-order valence-electron chi connectivity index (χ2n) is 7.47. The molecule has 2 aromatic rings. The molecule has 1 aliphatic heterocycles. The molecule has 30 heavy (non-hydrogen) atoms. The SMILES string of the molecule is CCOc1ccc([C@H](CNC(=O)Cc2ccc(C)cc2)N2CCOCC2)cc1OC. The highest BCUT2D eigenvalue weighted by Gasteiger charge is 2.24. The Labute approximate surface area is 179 Å². The van der Waals surface area contributed by atoms with Gasteiger partial charge in [0.15, 0.2) is 11.5 Å². The lowest BCUT2D eigenvalue weighted by molar-refractivity contribution is -0.120. The number of hydrogen-bond donors (Lipinski definition) is 1. The Kier molecular flexibility index (Phi) is 8.11. The lowest BCUT2D eigenvalue weighted by Crippen LogP contribution is -2.44. The topological polar surface area (TPSA) is 60.0 Å². The molecule has 162 valence electrons. The first-order chi connectivity index (χ1) is 14.6. The highest BCUT2D eigenvalue weighted by Crippen LogP contribution is 2.32. The van der Waals surface area contributed by atoms with Crippen LogP contribution in [0.5, 0.6) is 11.5 Å². The van der Waals surface area contributed by atoms with Crippen LogP contribution < -0.4 is 14.8 Å². The maximum Gasteiger partial charge on any atom is 0.224 e. The van der Waals surface area contributed by atoms with E-state index in [0.717, 1.165) is 30.0 Å². The monoisotopic (exact) mass is 412 g/mol. The van der Waals surface area contributed by atoms with Crippen molar-refractivity contribution < 1.29 is 19.0 Å². The summed E-state index contributed by atoms with van der Waals surface area (Å²) in [5, 5.41) is 3.13. The second kappa shape index (κ2) is 11.0. The summed E-state index contributed by atoms with van der Waals surface area (Å²) in [6.45, 7) is 8.15. The molecule has 6 nitrogen and oxygen atoms in total. The number of hydrogen-bond acceptors (Lipinski definition) is 5. The van der Waals surface area contributed by atoms with E-state index in [-0.39, 0.29) is 11.9 Å². The number of benzene rings is 2. The first-order valence-corrected chi connectivity index (χ1v) is 10.6. The molecule has 3 rings (SSSR count). The number of morpholine rings is 1. The van der Waals surface area contributed by atoms with Crippen molar-refractivity contribution in [1.29, 1.82) is 0 Å². The fraction of sp³-hybridized carbons (Fsp3) is 0.458. The van der Waals surface area contributed by atoms with Gasteiger partial charge in [0.1, 0.15) is 0 Å². The van der Waals surface area contributed by atoms with E-state index >= 15 is 0 Å².